The van der Waals surface area contributed by atoms with Crippen LogP contribution in [0.4, 0.5) is 5.69 Å². The van der Waals surface area contributed by atoms with E-state index in [-0.39, 0.29) is 18.6 Å². The molecule has 3 aromatic carbocycles. The molecule has 0 radical (unpaired) electrons. The predicted octanol–water partition coefficient (Wildman–Crippen LogP) is 5.51. The third kappa shape index (κ3) is 3.63. The lowest BCUT2D eigenvalue weighted by molar-refractivity contribution is 0.0981. The normalized spacial score (nSPS) is 16.8. The maximum atomic E-state index is 13.6. The van der Waals surface area contributed by atoms with Crippen LogP contribution in [-0.4, -0.2) is 17.1 Å². The fourth-order valence-corrected chi connectivity index (χ4v) is 5.37. The molecule has 0 aromatic heterocycles. The summed E-state index contributed by atoms with van der Waals surface area (Å²) in [5, 5.41) is 9.72. The van der Waals surface area contributed by atoms with E-state index in [0.717, 1.165) is 64.1 Å². The molecule has 1 N–H and O–H groups in total. The number of hydrogen-bond donors (Lipinski definition) is 1. The summed E-state index contributed by atoms with van der Waals surface area (Å²) in [6.07, 6.45) is 2.74. The maximum Gasteiger partial charge on any atom is 0.258 e. The topological polar surface area (TPSA) is 49.8 Å². The van der Waals surface area contributed by atoms with Gasteiger partial charge in [-0.25, -0.2) is 0 Å². The fourth-order valence-electron chi connectivity index (χ4n) is 5.37. The molecule has 2 aliphatic rings. The predicted molar refractivity (Wildman–Crippen MR) is 131 cm³/mol. The minimum absolute atomic E-state index is 0.0285. The van der Waals surface area contributed by atoms with E-state index in [1.54, 1.807) is 0 Å². The van der Waals surface area contributed by atoms with Crippen LogP contribution >= 0.6 is 0 Å². The number of nitrogens with zero attached hydrogens (tertiary/aromatic N) is 1. The number of fused-ring (bicyclic) bond motifs is 4. The van der Waals surface area contributed by atoms with Crippen LogP contribution in [0.15, 0.2) is 42.5 Å². The van der Waals surface area contributed by atoms with E-state index in [4.69, 9.17) is 4.74 Å². The second-order valence-corrected chi connectivity index (χ2v) is 9.49. The Kier molecular flexibility index (Phi) is 5.49. The summed E-state index contributed by atoms with van der Waals surface area (Å²) in [6.45, 7) is 8.73. The summed E-state index contributed by atoms with van der Waals surface area (Å²) in [7, 11) is 0. The summed E-state index contributed by atoms with van der Waals surface area (Å²) in [5.41, 5.74) is 10.7. The summed E-state index contributed by atoms with van der Waals surface area (Å²) >= 11 is 0. The number of carbonyl (C=O) groups excluding carboxylic acids is 1. The van der Waals surface area contributed by atoms with E-state index in [2.05, 4.69) is 45.0 Å². The van der Waals surface area contributed by atoms with Crippen molar-refractivity contribution in [3.05, 3.63) is 92.5 Å². The first kappa shape index (κ1) is 21.7. The van der Waals surface area contributed by atoms with Gasteiger partial charge in [0.25, 0.3) is 5.91 Å². The Balaban J connectivity index is 1.44. The average molecular weight is 442 g/mol. The van der Waals surface area contributed by atoms with Crippen molar-refractivity contribution in [2.24, 2.45) is 0 Å². The molecule has 0 bridgehead atoms. The number of carbonyl (C=O) groups is 1. The zero-order valence-electron chi connectivity index (χ0n) is 19.9. The molecule has 0 aliphatic carbocycles. The Morgan fingerprint density at radius 1 is 0.970 bits per heavy atom. The van der Waals surface area contributed by atoms with Gasteiger partial charge in [0, 0.05) is 17.3 Å². The van der Waals surface area contributed by atoms with Crippen LogP contribution in [0.5, 0.6) is 5.75 Å². The van der Waals surface area contributed by atoms with Gasteiger partial charge in [-0.05, 0) is 116 Å². The summed E-state index contributed by atoms with van der Waals surface area (Å²) in [4.78, 5) is 15.6. The average Bonchev–Trinajstić information content (AvgIpc) is 3.13. The van der Waals surface area contributed by atoms with Gasteiger partial charge in [0.2, 0.25) is 0 Å². The van der Waals surface area contributed by atoms with Crippen molar-refractivity contribution < 1.29 is 14.6 Å². The SMILES string of the molecule is Cc1cc2c(cc1OCc1cc(CO)c(C)c(C)c1C)CC[C@@H]1Cc3ccccc3N1C2=O. The van der Waals surface area contributed by atoms with Crippen molar-refractivity contribution in [1.29, 1.82) is 0 Å². The molecular weight excluding hydrogens is 410 g/mol. The lowest BCUT2D eigenvalue weighted by atomic mass is 9.94. The number of aliphatic hydroxyl groups excluding tert-OH is 1. The van der Waals surface area contributed by atoms with Crippen molar-refractivity contribution in [3.63, 3.8) is 0 Å². The van der Waals surface area contributed by atoms with E-state index in [1.807, 2.05) is 30.0 Å². The minimum Gasteiger partial charge on any atom is -0.489 e. The Morgan fingerprint density at radius 3 is 2.52 bits per heavy atom. The third-order valence-electron chi connectivity index (χ3n) is 7.66. The van der Waals surface area contributed by atoms with Crippen LogP contribution in [0.25, 0.3) is 0 Å². The fraction of sp³-hybridized carbons (Fsp3) is 0.345. The molecule has 4 heteroatoms. The minimum atomic E-state index is 0.0285. The van der Waals surface area contributed by atoms with Gasteiger partial charge in [-0.1, -0.05) is 18.2 Å². The number of para-hydroxylation sites is 1. The summed E-state index contributed by atoms with van der Waals surface area (Å²) < 4.78 is 6.28. The Morgan fingerprint density at radius 2 is 1.73 bits per heavy atom. The maximum absolute atomic E-state index is 13.6. The lowest BCUT2D eigenvalue weighted by Crippen LogP contribution is -2.36. The zero-order chi connectivity index (χ0) is 23.3. The van der Waals surface area contributed by atoms with Gasteiger partial charge in [-0.3, -0.25) is 4.79 Å². The van der Waals surface area contributed by atoms with Crippen LogP contribution in [0.2, 0.25) is 0 Å². The van der Waals surface area contributed by atoms with Crippen LogP contribution in [0, 0.1) is 27.7 Å². The van der Waals surface area contributed by atoms with E-state index < -0.39 is 0 Å². The molecule has 5 rings (SSSR count). The number of aryl methyl sites for hydroxylation is 2. The molecule has 2 aliphatic heterocycles. The van der Waals surface area contributed by atoms with Crippen LogP contribution < -0.4 is 9.64 Å². The van der Waals surface area contributed by atoms with E-state index in [0.29, 0.717) is 6.61 Å². The molecule has 170 valence electrons. The third-order valence-corrected chi connectivity index (χ3v) is 7.66. The molecule has 3 aromatic rings. The second kappa shape index (κ2) is 8.35. The number of anilines is 1. The number of rotatable bonds is 4. The van der Waals surface area contributed by atoms with Crippen molar-refractivity contribution >= 4 is 11.6 Å². The number of amides is 1. The quantitative estimate of drug-likeness (QED) is 0.581. The van der Waals surface area contributed by atoms with Crippen LogP contribution in [-0.2, 0) is 26.1 Å². The second-order valence-electron chi connectivity index (χ2n) is 9.49. The van der Waals surface area contributed by atoms with Gasteiger partial charge in [0.15, 0.2) is 0 Å². The molecule has 0 fully saturated rings. The largest absolute Gasteiger partial charge is 0.489 e. The molecule has 0 spiro atoms. The number of aliphatic hydroxyl groups is 1. The van der Waals surface area contributed by atoms with Crippen LogP contribution in [0.1, 0.15) is 61.3 Å². The van der Waals surface area contributed by atoms with E-state index in [1.165, 1.54) is 16.7 Å². The van der Waals surface area contributed by atoms with Crippen LogP contribution in [0.3, 0.4) is 0 Å². The molecule has 1 atom stereocenters. The van der Waals surface area contributed by atoms with Gasteiger partial charge < -0.3 is 14.7 Å². The zero-order valence-corrected chi connectivity index (χ0v) is 19.9. The smallest absolute Gasteiger partial charge is 0.258 e. The van der Waals surface area contributed by atoms with Gasteiger partial charge in [-0.15, -0.1) is 0 Å². The lowest BCUT2D eigenvalue weighted by Gasteiger charge is -2.23. The molecule has 4 nitrogen and oxygen atoms in total. The first-order valence-electron chi connectivity index (χ1n) is 11.8. The Bertz CT molecular complexity index is 1260. The van der Waals surface area contributed by atoms with Gasteiger partial charge in [-0.2, -0.15) is 0 Å². The highest BCUT2D eigenvalue weighted by atomic mass is 16.5. The molecule has 0 saturated heterocycles. The summed E-state index contributed by atoms with van der Waals surface area (Å²) in [6, 6.07) is 14.6. The molecule has 0 saturated carbocycles. The van der Waals surface area contributed by atoms with E-state index >= 15 is 0 Å². The van der Waals surface area contributed by atoms with Crippen molar-refractivity contribution in [2.75, 3.05) is 4.90 Å². The Hall–Kier alpha value is -3.11. The monoisotopic (exact) mass is 441 g/mol. The molecule has 0 unspecified atom stereocenters. The summed E-state index contributed by atoms with van der Waals surface area (Å²) in [5.74, 6) is 0.928. The first-order valence-corrected chi connectivity index (χ1v) is 11.8. The molecular formula is C29H31NO3. The van der Waals surface area contributed by atoms with Crippen molar-refractivity contribution in [2.45, 2.75) is 66.2 Å². The number of ether oxygens (including phenoxy) is 1. The van der Waals surface area contributed by atoms with Crippen molar-refractivity contribution in [1.82, 2.24) is 0 Å². The highest BCUT2D eigenvalue weighted by molar-refractivity contribution is 6.09. The van der Waals surface area contributed by atoms with Gasteiger partial charge >= 0.3 is 0 Å². The number of benzene rings is 3. The Labute approximate surface area is 195 Å². The van der Waals surface area contributed by atoms with Gasteiger partial charge in [0.05, 0.1) is 6.61 Å². The number of hydrogen-bond acceptors (Lipinski definition) is 3. The standard InChI is InChI=1S/C29H31NO3/c1-17-11-26-21(9-10-25-13-22-7-5-6-8-27(22)30(25)29(26)32)14-28(17)33-16-24-12-23(15-31)19(3)18(2)20(24)4/h5-8,11-12,14,25,31H,9-10,13,15-16H2,1-4H3/t25-/m1/s1. The van der Waals surface area contributed by atoms with Gasteiger partial charge in [0.1, 0.15) is 12.4 Å². The van der Waals surface area contributed by atoms with Crippen molar-refractivity contribution in [3.8, 4) is 5.75 Å². The molecule has 1 amide bonds. The highest BCUT2D eigenvalue weighted by Gasteiger charge is 2.37. The molecule has 2 heterocycles. The first-order chi connectivity index (χ1) is 15.9. The highest BCUT2D eigenvalue weighted by Crippen LogP contribution is 2.39. The molecule has 33 heavy (non-hydrogen) atoms. The van der Waals surface area contributed by atoms with E-state index in [9.17, 15) is 9.90 Å².